The highest BCUT2D eigenvalue weighted by atomic mass is 79.9. The molecule has 7 nitrogen and oxygen atoms in total. The molecule has 0 spiro atoms. The number of carbonyl (C=O) groups is 2. The molecule has 2 aromatic carbocycles. The maximum atomic E-state index is 14.3. The number of carboxylic acid groups (broad SMARTS) is 1. The number of benzene rings is 2. The Morgan fingerprint density at radius 2 is 1.95 bits per heavy atom. The Labute approximate surface area is 240 Å². The Morgan fingerprint density at radius 3 is 2.63 bits per heavy atom. The summed E-state index contributed by atoms with van der Waals surface area (Å²) >= 11 is 3.38. The zero-order valence-electron chi connectivity index (χ0n) is 21.9. The Bertz CT molecular complexity index is 1450. The van der Waals surface area contributed by atoms with E-state index in [4.69, 9.17) is 0 Å². The molecule has 1 atom stereocenters. The third kappa shape index (κ3) is 7.63. The number of carbonyl (C=O) groups excluding carboxylic acids is 1. The van der Waals surface area contributed by atoms with Crippen LogP contribution in [0, 0.1) is 6.92 Å². The predicted molar refractivity (Wildman–Crippen MR) is 146 cm³/mol. The second-order valence-electron chi connectivity index (χ2n) is 9.90. The first-order valence-electron chi connectivity index (χ1n) is 12.8. The van der Waals surface area contributed by atoms with Crippen molar-refractivity contribution in [2.75, 3.05) is 24.5 Å². The summed E-state index contributed by atoms with van der Waals surface area (Å²) in [5, 5.41) is 12.4. The molecule has 2 heterocycles. The summed E-state index contributed by atoms with van der Waals surface area (Å²) in [4.78, 5) is 31.0. The van der Waals surface area contributed by atoms with Crippen molar-refractivity contribution >= 4 is 44.5 Å². The number of carboxylic acids is 1. The van der Waals surface area contributed by atoms with E-state index in [0.29, 0.717) is 27.5 Å². The van der Waals surface area contributed by atoms with Gasteiger partial charge in [0.05, 0.1) is 17.6 Å². The fourth-order valence-electron chi connectivity index (χ4n) is 5.07. The van der Waals surface area contributed by atoms with Crippen LogP contribution in [-0.4, -0.2) is 53.9 Å². The molecule has 41 heavy (non-hydrogen) atoms. The van der Waals surface area contributed by atoms with Crippen LogP contribution >= 0.6 is 15.9 Å². The average Bonchev–Trinajstić information content (AvgIpc) is 2.87. The number of hydrogen-bond acceptors (Lipinski definition) is 5. The maximum absolute atomic E-state index is 14.3. The van der Waals surface area contributed by atoms with Crippen molar-refractivity contribution in [1.82, 2.24) is 10.3 Å². The number of para-hydroxylation sites is 1. The number of pyridine rings is 1. The number of amides is 1. The van der Waals surface area contributed by atoms with E-state index in [0.717, 1.165) is 6.07 Å². The molecule has 1 aliphatic rings. The van der Waals surface area contributed by atoms with Crippen LogP contribution in [0.4, 0.5) is 27.8 Å². The van der Waals surface area contributed by atoms with Crippen LogP contribution in [0.15, 0.2) is 46.9 Å². The topological polar surface area (TPSA) is 91.8 Å². The summed E-state index contributed by atoms with van der Waals surface area (Å²) in [7, 11) is 0. The number of halogens is 6. The molecular weight excluding hydrogens is 617 g/mol. The molecular formula is C28H27BrF5N3O4. The second kappa shape index (κ2) is 12.2. The summed E-state index contributed by atoms with van der Waals surface area (Å²) in [5.41, 5.74) is 1.03. The number of hydrogen-bond donors (Lipinski definition) is 2. The van der Waals surface area contributed by atoms with Gasteiger partial charge in [-0.25, -0.2) is 13.8 Å². The van der Waals surface area contributed by atoms with Gasteiger partial charge in [0.15, 0.2) is 0 Å². The minimum absolute atomic E-state index is 0.0798. The van der Waals surface area contributed by atoms with Crippen LogP contribution in [0.5, 0.6) is 5.75 Å². The van der Waals surface area contributed by atoms with Crippen molar-refractivity contribution < 1.29 is 41.4 Å². The number of aliphatic carboxylic acids is 1. The summed E-state index contributed by atoms with van der Waals surface area (Å²) < 4.78 is 72.5. The molecule has 1 fully saturated rings. The highest BCUT2D eigenvalue weighted by Gasteiger charge is 2.37. The summed E-state index contributed by atoms with van der Waals surface area (Å²) in [6, 6.07) is 10.4. The van der Waals surface area contributed by atoms with Gasteiger partial charge in [-0.05, 0) is 49.6 Å². The fourth-order valence-corrected chi connectivity index (χ4v) is 5.43. The van der Waals surface area contributed by atoms with E-state index in [2.05, 4.69) is 31.0 Å². The van der Waals surface area contributed by atoms with Gasteiger partial charge in [0.25, 0.3) is 11.8 Å². The predicted octanol–water partition coefficient (Wildman–Crippen LogP) is 6.82. The molecule has 4 rings (SSSR count). The second-order valence-corrected chi connectivity index (χ2v) is 10.8. The first-order valence-corrected chi connectivity index (χ1v) is 13.6. The van der Waals surface area contributed by atoms with E-state index >= 15 is 0 Å². The summed E-state index contributed by atoms with van der Waals surface area (Å²) in [5.74, 6) is -5.75. The number of nitrogens with one attached hydrogen (secondary N) is 1. The van der Waals surface area contributed by atoms with Gasteiger partial charge in [0.1, 0.15) is 11.6 Å². The summed E-state index contributed by atoms with van der Waals surface area (Å²) in [6.07, 6.45) is -5.41. The lowest BCUT2D eigenvalue weighted by Crippen LogP contribution is -2.43. The number of fused-ring (bicyclic) bond motifs is 1. The lowest BCUT2D eigenvalue weighted by molar-refractivity contribution is -0.275. The highest BCUT2D eigenvalue weighted by Crippen LogP contribution is 2.36. The van der Waals surface area contributed by atoms with Gasteiger partial charge in [-0.2, -0.15) is 0 Å². The minimum atomic E-state index is -4.97. The molecule has 0 radical (unpaired) electrons. The van der Waals surface area contributed by atoms with Crippen molar-refractivity contribution in [2.45, 2.75) is 50.8 Å². The van der Waals surface area contributed by atoms with Crippen LogP contribution in [0.25, 0.3) is 10.9 Å². The first kappa shape index (κ1) is 30.5. The minimum Gasteiger partial charge on any atom is -0.481 e. The van der Waals surface area contributed by atoms with Crippen LogP contribution < -0.4 is 15.0 Å². The van der Waals surface area contributed by atoms with E-state index in [1.54, 1.807) is 25.1 Å². The molecule has 1 aromatic heterocycles. The third-order valence-corrected chi connectivity index (χ3v) is 7.38. The van der Waals surface area contributed by atoms with Gasteiger partial charge in [0, 0.05) is 47.3 Å². The van der Waals surface area contributed by atoms with Crippen LogP contribution in [0.1, 0.15) is 53.1 Å². The van der Waals surface area contributed by atoms with Crippen molar-refractivity contribution in [1.29, 1.82) is 0 Å². The number of rotatable bonds is 9. The zero-order valence-corrected chi connectivity index (χ0v) is 23.5. The van der Waals surface area contributed by atoms with Crippen LogP contribution in [0.3, 0.4) is 0 Å². The van der Waals surface area contributed by atoms with Gasteiger partial charge in [-0.3, -0.25) is 9.59 Å². The molecule has 3 aromatic rings. The van der Waals surface area contributed by atoms with E-state index in [-0.39, 0.29) is 49.2 Å². The fraction of sp³-hybridized carbons (Fsp3) is 0.393. The lowest BCUT2D eigenvalue weighted by atomic mass is 9.92. The van der Waals surface area contributed by atoms with Gasteiger partial charge >= 0.3 is 12.3 Å². The Balaban J connectivity index is 1.69. The molecule has 1 aliphatic heterocycles. The molecule has 0 bridgehead atoms. The third-order valence-electron chi connectivity index (χ3n) is 6.88. The first-order chi connectivity index (χ1) is 19.2. The van der Waals surface area contributed by atoms with Crippen LogP contribution in [-0.2, 0) is 4.79 Å². The summed E-state index contributed by atoms with van der Waals surface area (Å²) in [6.45, 7) is 1.19. The Hall–Kier alpha value is -3.48. The quantitative estimate of drug-likeness (QED) is 0.249. The van der Waals surface area contributed by atoms with E-state index in [1.807, 2.05) is 0 Å². The molecule has 1 amide bonds. The van der Waals surface area contributed by atoms with Crippen LogP contribution in [0.2, 0.25) is 0 Å². The molecule has 0 unspecified atom stereocenters. The molecule has 13 heteroatoms. The van der Waals surface area contributed by atoms with E-state index in [1.165, 1.54) is 23.1 Å². The SMILES string of the molecule is Cc1c(N2CCCC(F)(F)C2)nc2ccc(Br)cc2c1C(=O)NC[C@@H](CCC(=O)O)c1ccccc1OC(F)(F)F. The van der Waals surface area contributed by atoms with Crippen molar-refractivity contribution in [3.8, 4) is 5.75 Å². The van der Waals surface area contributed by atoms with Gasteiger partial charge in [-0.1, -0.05) is 34.1 Å². The Morgan fingerprint density at radius 1 is 1.22 bits per heavy atom. The van der Waals surface area contributed by atoms with Crippen molar-refractivity contribution in [3.05, 3.63) is 63.6 Å². The van der Waals surface area contributed by atoms with Gasteiger partial charge in [-0.15, -0.1) is 13.2 Å². The van der Waals surface area contributed by atoms with Crippen molar-refractivity contribution in [3.63, 3.8) is 0 Å². The maximum Gasteiger partial charge on any atom is 0.573 e. The molecule has 0 saturated carbocycles. The molecule has 220 valence electrons. The standard InChI is InChI=1S/C28H27BrF5N3O4/c1-16-24(20-13-18(29)8-9-21(20)36-25(16)37-12-4-11-27(30,31)15-37)26(40)35-14-17(7-10-23(38)39)19-5-2-3-6-22(19)41-28(32,33)34/h2-3,5-6,8-9,13,17H,4,7,10-12,14-15H2,1H3,(H,35,40)(H,38,39)/t17-/m1/s1. The lowest BCUT2D eigenvalue weighted by Gasteiger charge is -2.34. The molecule has 1 saturated heterocycles. The molecule has 0 aliphatic carbocycles. The molecule has 2 N–H and O–H groups in total. The number of alkyl halides is 5. The number of ether oxygens (including phenoxy) is 1. The van der Waals surface area contributed by atoms with Gasteiger partial charge in [0.2, 0.25) is 0 Å². The van der Waals surface area contributed by atoms with E-state index in [9.17, 15) is 36.6 Å². The van der Waals surface area contributed by atoms with Gasteiger partial charge < -0.3 is 20.1 Å². The zero-order chi connectivity index (χ0) is 29.9. The highest BCUT2D eigenvalue weighted by molar-refractivity contribution is 9.10. The smallest absolute Gasteiger partial charge is 0.481 e. The Kier molecular flexibility index (Phi) is 9.05. The number of anilines is 1. The largest absolute Gasteiger partial charge is 0.573 e. The normalized spacial score (nSPS) is 15.9. The van der Waals surface area contributed by atoms with E-state index < -0.39 is 42.4 Å². The number of aromatic nitrogens is 1. The number of nitrogens with zero attached hydrogens (tertiary/aromatic N) is 2. The average molecular weight is 644 g/mol. The monoisotopic (exact) mass is 643 g/mol. The number of piperidine rings is 1. The van der Waals surface area contributed by atoms with Crippen molar-refractivity contribution in [2.24, 2.45) is 0 Å².